The number of rotatable bonds is 9. The number of hydrogen-bond acceptors (Lipinski definition) is 6. The van der Waals surface area contributed by atoms with Gasteiger partial charge in [-0.25, -0.2) is 4.98 Å². The Bertz CT molecular complexity index is 1360. The molecular formula is C28H31N3O3S. The minimum atomic E-state index is 0.106. The molecule has 1 aliphatic rings. The smallest absolute Gasteiger partial charge is 0.262 e. The molecule has 2 aromatic heterocycles. The van der Waals surface area contributed by atoms with Crippen LogP contribution in [0.5, 0.6) is 11.5 Å². The van der Waals surface area contributed by atoms with Crippen molar-refractivity contribution in [3.05, 3.63) is 86.8 Å². The van der Waals surface area contributed by atoms with Crippen LogP contribution < -0.4 is 20.3 Å². The first-order valence-electron chi connectivity index (χ1n) is 12.1. The molecule has 1 atom stereocenters. The van der Waals surface area contributed by atoms with Crippen molar-refractivity contribution in [2.45, 2.75) is 51.2 Å². The van der Waals surface area contributed by atoms with Gasteiger partial charge in [0.15, 0.2) is 0 Å². The van der Waals surface area contributed by atoms with Crippen molar-refractivity contribution in [3.8, 4) is 11.5 Å². The fourth-order valence-corrected chi connectivity index (χ4v) is 6.14. The van der Waals surface area contributed by atoms with Gasteiger partial charge in [0.25, 0.3) is 5.56 Å². The van der Waals surface area contributed by atoms with Crippen molar-refractivity contribution in [2.24, 2.45) is 0 Å². The summed E-state index contributed by atoms with van der Waals surface area (Å²) in [7, 11) is 3.34. The molecule has 1 aliphatic carbocycles. The molecule has 6 nitrogen and oxygen atoms in total. The van der Waals surface area contributed by atoms with Crippen molar-refractivity contribution in [1.82, 2.24) is 14.9 Å². The van der Waals surface area contributed by atoms with E-state index in [0.29, 0.717) is 12.6 Å². The number of ether oxygens (including phenoxy) is 2. The molecule has 0 amide bonds. The van der Waals surface area contributed by atoms with E-state index in [1.165, 1.54) is 16.0 Å². The van der Waals surface area contributed by atoms with E-state index in [1.807, 2.05) is 24.3 Å². The highest BCUT2D eigenvalue weighted by molar-refractivity contribution is 7.18. The number of hydrogen-bond donors (Lipinski definition) is 1. The first-order valence-corrected chi connectivity index (χ1v) is 13.0. The van der Waals surface area contributed by atoms with Crippen molar-refractivity contribution in [1.29, 1.82) is 0 Å². The molecule has 1 unspecified atom stereocenters. The highest BCUT2D eigenvalue weighted by Gasteiger charge is 2.25. The number of aryl methyl sites for hydroxylation is 3. The molecule has 182 valence electrons. The van der Waals surface area contributed by atoms with Crippen LogP contribution in [0.2, 0.25) is 0 Å². The van der Waals surface area contributed by atoms with Gasteiger partial charge >= 0.3 is 0 Å². The van der Waals surface area contributed by atoms with Crippen LogP contribution in [-0.2, 0) is 32.4 Å². The van der Waals surface area contributed by atoms with Crippen molar-refractivity contribution in [2.75, 3.05) is 14.2 Å². The molecule has 35 heavy (non-hydrogen) atoms. The lowest BCUT2D eigenvalue weighted by molar-refractivity contribution is 0.386. The van der Waals surface area contributed by atoms with Gasteiger partial charge in [0.2, 0.25) is 0 Å². The topological polar surface area (TPSA) is 65.4 Å². The predicted molar refractivity (Wildman–Crippen MR) is 141 cm³/mol. The number of thiophene rings is 1. The lowest BCUT2D eigenvalue weighted by Crippen LogP contribution is -2.34. The Morgan fingerprint density at radius 2 is 2.00 bits per heavy atom. The summed E-state index contributed by atoms with van der Waals surface area (Å²) in [5, 5.41) is 4.52. The van der Waals surface area contributed by atoms with Gasteiger partial charge in [0.05, 0.1) is 25.9 Å². The van der Waals surface area contributed by atoms with Gasteiger partial charge < -0.3 is 14.8 Å². The zero-order valence-corrected chi connectivity index (χ0v) is 21.1. The van der Waals surface area contributed by atoms with E-state index in [4.69, 9.17) is 9.47 Å². The number of methoxy groups -OCH3 is 2. The van der Waals surface area contributed by atoms with E-state index in [2.05, 4.69) is 34.6 Å². The Kier molecular flexibility index (Phi) is 7.16. The van der Waals surface area contributed by atoms with Gasteiger partial charge in [-0.05, 0) is 49.3 Å². The third-order valence-corrected chi connectivity index (χ3v) is 7.98. The number of nitrogens with zero attached hydrogens (tertiary/aromatic N) is 2. The Morgan fingerprint density at radius 3 is 2.80 bits per heavy atom. The summed E-state index contributed by atoms with van der Waals surface area (Å²) >= 11 is 1.68. The maximum atomic E-state index is 13.3. The second kappa shape index (κ2) is 10.6. The molecule has 7 heteroatoms. The Labute approximate surface area is 209 Å². The van der Waals surface area contributed by atoms with E-state index >= 15 is 0 Å². The summed E-state index contributed by atoms with van der Waals surface area (Å²) < 4.78 is 12.6. The molecule has 2 aromatic carbocycles. The van der Waals surface area contributed by atoms with Crippen LogP contribution in [0.1, 0.15) is 34.4 Å². The predicted octanol–water partition coefficient (Wildman–Crippen LogP) is 4.76. The summed E-state index contributed by atoms with van der Waals surface area (Å²) in [4.78, 5) is 20.1. The van der Waals surface area contributed by atoms with Crippen molar-refractivity contribution < 1.29 is 9.47 Å². The Morgan fingerprint density at radius 1 is 1.14 bits per heavy atom. The summed E-state index contributed by atoms with van der Waals surface area (Å²) in [5.41, 5.74) is 3.72. The van der Waals surface area contributed by atoms with E-state index in [1.54, 1.807) is 36.5 Å². The third kappa shape index (κ3) is 5.11. The molecule has 4 aromatic rings. The molecule has 5 rings (SSSR count). The summed E-state index contributed by atoms with van der Waals surface area (Å²) in [6.07, 6.45) is 6.42. The lowest BCUT2D eigenvalue weighted by atomic mass is 9.93. The number of aromatic nitrogens is 2. The van der Waals surface area contributed by atoms with Gasteiger partial charge in [0, 0.05) is 35.6 Å². The first-order chi connectivity index (χ1) is 17.2. The SMILES string of the molecule is COc1ccc(CNC2CCc3c(sc4ncn(CCCc5ccccc5)c(=O)c34)C2)c(OC)c1. The van der Waals surface area contributed by atoms with Crippen LogP contribution in [0.15, 0.2) is 59.7 Å². The summed E-state index contributed by atoms with van der Waals surface area (Å²) in [6, 6.07) is 16.7. The van der Waals surface area contributed by atoms with Crippen LogP contribution >= 0.6 is 11.3 Å². The molecule has 0 saturated carbocycles. The van der Waals surface area contributed by atoms with Crippen LogP contribution in [0.4, 0.5) is 0 Å². The van der Waals surface area contributed by atoms with Gasteiger partial charge in [-0.15, -0.1) is 11.3 Å². The van der Waals surface area contributed by atoms with Gasteiger partial charge in [-0.1, -0.05) is 36.4 Å². The van der Waals surface area contributed by atoms with Crippen LogP contribution in [0, 0.1) is 0 Å². The minimum absolute atomic E-state index is 0.106. The summed E-state index contributed by atoms with van der Waals surface area (Å²) in [6.45, 7) is 1.42. The quantitative estimate of drug-likeness (QED) is 0.367. The van der Waals surface area contributed by atoms with E-state index in [0.717, 1.165) is 65.9 Å². The van der Waals surface area contributed by atoms with E-state index in [-0.39, 0.29) is 5.56 Å². The molecule has 0 fully saturated rings. The average Bonchev–Trinajstić information content (AvgIpc) is 3.27. The largest absolute Gasteiger partial charge is 0.497 e. The molecule has 0 bridgehead atoms. The van der Waals surface area contributed by atoms with Crippen molar-refractivity contribution >= 4 is 21.6 Å². The molecule has 0 spiro atoms. The van der Waals surface area contributed by atoms with Crippen LogP contribution in [0.25, 0.3) is 10.2 Å². The van der Waals surface area contributed by atoms with E-state index in [9.17, 15) is 4.79 Å². The highest BCUT2D eigenvalue weighted by atomic mass is 32.1. The van der Waals surface area contributed by atoms with Gasteiger partial charge in [-0.2, -0.15) is 0 Å². The fourth-order valence-electron chi connectivity index (χ4n) is 4.89. The lowest BCUT2D eigenvalue weighted by Gasteiger charge is -2.24. The maximum absolute atomic E-state index is 13.3. The van der Waals surface area contributed by atoms with Crippen LogP contribution in [-0.4, -0.2) is 29.8 Å². The zero-order valence-electron chi connectivity index (χ0n) is 20.3. The summed E-state index contributed by atoms with van der Waals surface area (Å²) in [5.74, 6) is 1.61. The third-order valence-electron chi connectivity index (χ3n) is 6.82. The van der Waals surface area contributed by atoms with E-state index < -0.39 is 0 Å². The van der Waals surface area contributed by atoms with Gasteiger partial charge in [-0.3, -0.25) is 9.36 Å². The highest BCUT2D eigenvalue weighted by Crippen LogP contribution is 2.34. The normalized spacial score (nSPS) is 15.2. The average molecular weight is 490 g/mol. The number of nitrogens with one attached hydrogen (secondary N) is 1. The molecule has 0 saturated heterocycles. The van der Waals surface area contributed by atoms with Gasteiger partial charge in [0.1, 0.15) is 16.3 Å². The molecule has 0 aliphatic heterocycles. The molecule has 2 heterocycles. The minimum Gasteiger partial charge on any atom is -0.497 e. The molecular weight excluding hydrogens is 458 g/mol. The van der Waals surface area contributed by atoms with Crippen molar-refractivity contribution in [3.63, 3.8) is 0 Å². The Hall–Kier alpha value is -3.16. The second-order valence-electron chi connectivity index (χ2n) is 9.01. The standard InChI is InChI=1S/C28H31N3O3S/c1-33-22-12-10-20(24(16-22)34-2)17-29-21-11-13-23-25(15-21)35-27-26(23)28(32)31(18-30-27)14-6-9-19-7-4-3-5-8-19/h3-5,7-8,10,12,16,18,21,29H,6,9,11,13-15,17H2,1-2H3. The number of fused-ring (bicyclic) bond motifs is 3. The molecule has 1 N–H and O–H groups in total. The Balaban J connectivity index is 1.26. The molecule has 0 radical (unpaired) electrons. The first kappa shape index (κ1) is 23.6. The second-order valence-corrected chi connectivity index (χ2v) is 10.1. The fraction of sp³-hybridized carbons (Fsp3) is 0.357. The zero-order chi connectivity index (χ0) is 24.2. The maximum Gasteiger partial charge on any atom is 0.262 e. The monoisotopic (exact) mass is 489 g/mol. The van der Waals surface area contributed by atoms with Crippen LogP contribution in [0.3, 0.4) is 0 Å². The number of benzene rings is 2.